The zero-order valence-electron chi connectivity index (χ0n) is 9.76. The van der Waals surface area contributed by atoms with E-state index >= 15 is 0 Å². The summed E-state index contributed by atoms with van der Waals surface area (Å²) in [7, 11) is 0. The number of rotatable bonds is 3. The molecule has 1 aromatic carbocycles. The highest BCUT2D eigenvalue weighted by molar-refractivity contribution is 7.08. The van der Waals surface area contributed by atoms with Crippen LogP contribution in [0.1, 0.15) is 32.5 Å². The van der Waals surface area contributed by atoms with Crippen LogP contribution in [0, 0.1) is 0 Å². The Morgan fingerprint density at radius 2 is 1.85 bits per heavy atom. The second-order valence-corrected chi connectivity index (χ2v) is 4.74. The number of carboxylic acids is 1. The number of hydrogen-bond acceptors (Lipinski definition) is 4. The molecule has 0 spiro atoms. The molecular weight excluding hydrogens is 295 g/mol. The average molecular weight is 303 g/mol. The molecule has 0 radical (unpaired) electrons. The predicted octanol–water partition coefficient (Wildman–Crippen LogP) is 2.94. The summed E-state index contributed by atoms with van der Waals surface area (Å²) >= 11 is 0.699. The van der Waals surface area contributed by atoms with E-state index in [1.165, 1.54) is 6.20 Å². The van der Waals surface area contributed by atoms with Gasteiger partial charge in [0.05, 0.1) is 5.56 Å². The molecule has 0 saturated carbocycles. The Kier molecular flexibility index (Phi) is 3.78. The fourth-order valence-corrected chi connectivity index (χ4v) is 2.26. The molecular formula is C12H8F3NO3S. The molecule has 2 rings (SSSR count). The molecule has 2 N–H and O–H groups in total. The number of halogens is 3. The fourth-order valence-electron chi connectivity index (χ4n) is 1.64. The summed E-state index contributed by atoms with van der Waals surface area (Å²) in [4.78, 5) is 10.8. The van der Waals surface area contributed by atoms with Crippen molar-refractivity contribution in [2.45, 2.75) is 12.3 Å². The number of aromatic nitrogens is 1. The van der Waals surface area contributed by atoms with Crippen LogP contribution >= 0.6 is 11.5 Å². The highest BCUT2D eigenvalue weighted by Gasteiger charge is 2.30. The number of nitrogens with zero attached hydrogens (tertiary/aromatic N) is 1. The number of carbonyl (C=O) groups is 1. The first-order valence-corrected chi connectivity index (χ1v) is 6.11. The lowest BCUT2D eigenvalue weighted by atomic mass is 10.0. The third-order valence-electron chi connectivity index (χ3n) is 2.64. The number of alkyl halides is 3. The van der Waals surface area contributed by atoms with Gasteiger partial charge in [0.25, 0.3) is 0 Å². The van der Waals surface area contributed by atoms with Crippen molar-refractivity contribution in [1.29, 1.82) is 0 Å². The topological polar surface area (TPSA) is 70.4 Å². The van der Waals surface area contributed by atoms with Gasteiger partial charge in [0.2, 0.25) is 0 Å². The molecule has 4 nitrogen and oxygen atoms in total. The molecule has 1 atom stereocenters. The lowest BCUT2D eigenvalue weighted by Crippen LogP contribution is -2.07. The van der Waals surface area contributed by atoms with Gasteiger partial charge in [-0.3, -0.25) is 0 Å². The van der Waals surface area contributed by atoms with Crippen molar-refractivity contribution in [2.75, 3.05) is 0 Å². The molecule has 2 aromatic rings. The van der Waals surface area contributed by atoms with E-state index in [2.05, 4.69) is 4.37 Å². The first-order chi connectivity index (χ1) is 9.30. The Morgan fingerprint density at radius 1 is 1.25 bits per heavy atom. The summed E-state index contributed by atoms with van der Waals surface area (Å²) in [5, 5.41) is 18.9. The second kappa shape index (κ2) is 5.22. The van der Waals surface area contributed by atoms with E-state index in [9.17, 15) is 23.1 Å². The minimum Gasteiger partial charge on any atom is -0.477 e. The molecule has 0 bridgehead atoms. The summed E-state index contributed by atoms with van der Waals surface area (Å²) in [5.41, 5.74) is -0.613. The SMILES string of the molecule is O=C(O)c1sncc1C(O)c1ccc(C(F)(F)F)cc1. The van der Waals surface area contributed by atoms with Crippen molar-refractivity contribution < 1.29 is 28.2 Å². The lowest BCUT2D eigenvalue weighted by Gasteiger charge is -2.12. The number of aliphatic hydroxyl groups excluding tert-OH is 1. The first-order valence-electron chi connectivity index (χ1n) is 5.34. The van der Waals surface area contributed by atoms with E-state index in [1.807, 2.05) is 0 Å². The van der Waals surface area contributed by atoms with E-state index in [-0.39, 0.29) is 16.0 Å². The van der Waals surface area contributed by atoms with E-state index in [0.29, 0.717) is 11.5 Å². The highest BCUT2D eigenvalue weighted by atomic mass is 32.1. The fraction of sp³-hybridized carbons (Fsp3) is 0.167. The van der Waals surface area contributed by atoms with Crippen LogP contribution in [0.2, 0.25) is 0 Å². The number of aliphatic hydroxyl groups is 1. The molecule has 0 saturated heterocycles. The predicted molar refractivity (Wildman–Crippen MR) is 64.6 cm³/mol. The normalized spacial score (nSPS) is 13.2. The molecule has 1 aromatic heterocycles. The van der Waals surface area contributed by atoms with Crippen LogP contribution < -0.4 is 0 Å². The maximum Gasteiger partial charge on any atom is 0.416 e. The summed E-state index contributed by atoms with van der Waals surface area (Å²) in [6.45, 7) is 0. The summed E-state index contributed by atoms with van der Waals surface area (Å²) < 4.78 is 40.9. The minimum atomic E-state index is -4.46. The van der Waals surface area contributed by atoms with Crippen LogP contribution in [0.25, 0.3) is 0 Å². The largest absolute Gasteiger partial charge is 0.477 e. The Balaban J connectivity index is 2.32. The van der Waals surface area contributed by atoms with Gasteiger partial charge in [0.15, 0.2) is 0 Å². The van der Waals surface area contributed by atoms with Gasteiger partial charge in [-0.05, 0) is 29.2 Å². The Bertz CT molecular complexity index is 622. The molecule has 0 amide bonds. The van der Waals surface area contributed by atoms with Crippen molar-refractivity contribution in [3.8, 4) is 0 Å². The number of benzene rings is 1. The smallest absolute Gasteiger partial charge is 0.416 e. The van der Waals surface area contributed by atoms with Gasteiger partial charge in [-0.15, -0.1) is 0 Å². The van der Waals surface area contributed by atoms with Crippen LogP contribution in [0.5, 0.6) is 0 Å². The summed E-state index contributed by atoms with van der Waals surface area (Å²) in [5.74, 6) is -1.24. The number of aromatic carboxylic acids is 1. The van der Waals surface area contributed by atoms with E-state index in [1.54, 1.807) is 0 Å². The molecule has 0 aliphatic heterocycles. The zero-order chi connectivity index (χ0) is 14.9. The first kappa shape index (κ1) is 14.5. The van der Waals surface area contributed by atoms with E-state index in [0.717, 1.165) is 24.3 Å². The number of carboxylic acid groups (broad SMARTS) is 1. The van der Waals surface area contributed by atoms with Gasteiger partial charge in [0, 0.05) is 11.8 Å². The van der Waals surface area contributed by atoms with Crippen LogP contribution in [0.4, 0.5) is 13.2 Å². The van der Waals surface area contributed by atoms with Crippen LogP contribution in [-0.2, 0) is 6.18 Å². The Hall–Kier alpha value is -1.93. The van der Waals surface area contributed by atoms with E-state index in [4.69, 9.17) is 5.11 Å². The van der Waals surface area contributed by atoms with Gasteiger partial charge < -0.3 is 10.2 Å². The number of hydrogen-bond donors (Lipinski definition) is 2. The monoisotopic (exact) mass is 303 g/mol. The van der Waals surface area contributed by atoms with Gasteiger partial charge in [0.1, 0.15) is 11.0 Å². The van der Waals surface area contributed by atoms with Crippen molar-refractivity contribution >= 4 is 17.5 Å². The highest BCUT2D eigenvalue weighted by Crippen LogP contribution is 2.32. The Morgan fingerprint density at radius 3 is 2.35 bits per heavy atom. The molecule has 0 fully saturated rings. The Labute approximate surface area is 115 Å². The third kappa shape index (κ3) is 2.81. The summed E-state index contributed by atoms with van der Waals surface area (Å²) in [6.07, 6.45) is -4.60. The van der Waals surface area contributed by atoms with Crippen molar-refractivity contribution in [3.63, 3.8) is 0 Å². The molecule has 8 heteroatoms. The van der Waals surface area contributed by atoms with Crippen molar-refractivity contribution in [3.05, 3.63) is 52.0 Å². The standard InChI is InChI=1S/C12H8F3NO3S/c13-12(14,15)7-3-1-6(2-4-7)9(17)8-5-16-20-10(8)11(18)19/h1-5,9,17H,(H,18,19). The van der Waals surface area contributed by atoms with Crippen molar-refractivity contribution in [2.24, 2.45) is 0 Å². The molecule has 0 aliphatic rings. The summed E-state index contributed by atoms with van der Waals surface area (Å²) in [6, 6.07) is 3.88. The maximum atomic E-state index is 12.4. The lowest BCUT2D eigenvalue weighted by molar-refractivity contribution is -0.137. The molecule has 1 unspecified atom stereocenters. The quantitative estimate of drug-likeness (QED) is 0.914. The van der Waals surface area contributed by atoms with Crippen LogP contribution in [0.15, 0.2) is 30.5 Å². The molecule has 0 aliphatic carbocycles. The van der Waals surface area contributed by atoms with Gasteiger partial charge in [-0.2, -0.15) is 17.5 Å². The molecule has 20 heavy (non-hydrogen) atoms. The van der Waals surface area contributed by atoms with Crippen LogP contribution in [-0.4, -0.2) is 20.6 Å². The zero-order valence-corrected chi connectivity index (χ0v) is 10.6. The van der Waals surface area contributed by atoms with Gasteiger partial charge >= 0.3 is 12.1 Å². The van der Waals surface area contributed by atoms with E-state index < -0.39 is 23.8 Å². The molecule has 106 valence electrons. The van der Waals surface area contributed by atoms with Crippen molar-refractivity contribution in [1.82, 2.24) is 4.37 Å². The van der Waals surface area contributed by atoms with Gasteiger partial charge in [-0.25, -0.2) is 4.79 Å². The third-order valence-corrected chi connectivity index (χ3v) is 3.44. The average Bonchev–Trinajstić information content (AvgIpc) is 2.86. The minimum absolute atomic E-state index is 0.0576. The molecule has 1 heterocycles. The maximum absolute atomic E-state index is 12.4. The van der Waals surface area contributed by atoms with Crippen LogP contribution in [0.3, 0.4) is 0 Å². The van der Waals surface area contributed by atoms with Gasteiger partial charge in [-0.1, -0.05) is 12.1 Å². The second-order valence-electron chi connectivity index (χ2n) is 3.94.